The Morgan fingerprint density at radius 3 is 2.00 bits per heavy atom. The van der Waals surface area contributed by atoms with E-state index in [4.69, 9.17) is 28.3 Å². The van der Waals surface area contributed by atoms with Crippen molar-refractivity contribution in [2.24, 2.45) is 0 Å². The summed E-state index contributed by atoms with van der Waals surface area (Å²) in [5.74, 6) is -1.79. The van der Waals surface area contributed by atoms with Crippen molar-refractivity contribution in [3.05, 3.63) is 21.4 Å². The van der Waals surface area contributed by atoms with E-state index in [0.717, 1.165) is 6.92 Å². The van der Waals surface area contributed by atoms with Gasteiger partial charge in [0, 0.05) is 0 Å². The molecule has 3 nitrogen and oxygen atoms in total. The first-order valence-corrected chi connectivity index (χ1v) is 3.77. The van der Waals surface area contributed by atoms with Gasteiger partial charge >= 0.3 is 0 Å². The van der Waals surface area contributed by atoms with Gasteiger partial charge in [-0.15, -0.1) is 0 Å². The molecule has 0 unspecified atom stereocenters. The molecule has 0 aliphatic heterocycles. The number of carbonyl (C=O) groups is 2. The third-order valence-corrected chi connectivity index (χ3v) is 2.24. The van der Waals surface area contributed by atoms with Gasteiger partial charge in [-0.25, -0.2) is 0 Å². The number of ketones is 2. The zero-order valence-electron chi connectivity index (χ0n) is 6.02. The van der Waals surface area contributed by atoms with E-state index in [0.29, 0.717) is 0 Å². The maximum Gasteiger partial charge on any atom is 0.213 e. The van der Waals surface area contributed by atoms with Crippen LogP contribution in [0.2, 0.25) is 0 Å². The molecule has 12 heavy (non-hydrogen) atoms. The average Bonchev–Trinajstić information content (AvgIpc) is 2.16. The van der Waals surface area contributed by atoms with Crippen LogP contribution < -0.4 is 0 Å². The minimum atomic E-state index is -0.716. The van der Waals surface area contributed by atoms with E-state index < -0.39 is 17.3 Å². The van der Waals surface area contributed by atoms with Crippen LogP contribution in [-0.4, -0.2) is 16.7 Å². The van der Waals surface area contributed by atoms with Crippen LogP contribution in [0.1, 0.15) is 6.92 Å². The summed E-state index contributed by atoms with van der Waals surface area (Å²) in [4.78, 5) is 21.8. The second kappa shape index (κ2) is 2.92. The number of rotatable bonds is 1. The maximum absolute atomic E-state index is 11.1. The van der Waals surface area contributed by atoms with E-state index in [1.807, 2.05) is 0 Å². The topological polar surface area (TPSA) is 54.4 Å². The first-order valence-electron chi connectivity index (χ1n) is 3.01. The number of carbonyl (C=O) groups excluding carboxylic acids is 2. The number of halogens is 2. The van der Waals surface area contributed by atoms with Crippen molar-refractivity contribution in [1.82, 2.24) is 0 Å². The number of Topliss-reactive ketones (excluding diaryl/α,β-unsaturated/α-hetero) is 2. The van der Waals surface area contributed by atoms with E-state index in [1.165, 1.54) is 0 Å². The van der Waals surface area contributed by atoms with Crippen LogP contribution in [-0.2, 0) is 9.59 Å². The largest absolute Gasteiger partial charge is 0.505 e. The first-order chi connectivity index (χ1) is 5.46. The van der Waals surface area contributed by atoms with Crippen LogP contribution in [0, 0.1) is 0 Å². The lowest BCUT2D eigenvalue weighted by molar-refractivity contribution is -0.118. The Labute approximate surface area is 78.3 Å². The molecule has 64 valence electrons. The highest BCUT2D eigenvalue weighted by atomic mass is 35.5. The number of hydrogen-bond acceptors (Lipinski definition) is 3. The zero-order valence-corrected chi connectivity index (χ0v) is 7.53. The van der Waals surface area contributed by atoms with Crippen molar-refractivity contribution >= 4 is 34.8 Å². The molecule has 1 aliphatic carbocycles. The summed E-state index contributed by atoms with van der Waals surface area (Å²) in [6, 6.07) is 0. The minimum Gasteiger partial charge on any atom is -0.505 e. The first kappa shape index (κ1) is 9.29. The number of aliphatic hydroxyl groups excluding tert-OH is 1. The van der Waals surface area contributed by atoms with Gasteiger partial charge in [0.25, 0.3) is 0 Å². The molecule has 0 saturated heterocycles. The van der Waals surface area contributed by atoms with Crippen molar-refractivity contribution < 1.29 is 14.7 Å². The van der Waals surface area contributed by atoms with Crippen molar-refractivity contribution in [1.29, 1.82) is 0 Å². The fraction of sp³-hybridized carbons (Fsp3) is 0.143. The van der Waals surface area contributed by atoms with Gasteiger partial charge in [0.2, 0.25) is 5.78 Å². The number of allylic oxidation sites excluding steroid dienone is 3. The Bertz CT molecular complexity index is 339. The Balaban J connectivity index is 3.27. The molecular formula is C7H4Cl2O3. The van der Waals surface area contributed by atoms with Crippen LogP contribution in [0.25, 0.3) is 0 Å². The second-order valence-corrected chi connectivity index (χ2v) is 2.99. The molecule has 0 bridgehead atoms. The highest BCUT2D eigenvalue weighted by molar-refractivity contribution is 6.55. The maximum atomic E-state index is 11.1. The van der Waals surface area contributed by atoms with Gasteiger partial charge in [-0.1, -0.05) is 23.2 Å². The highest BCUT2D eigenvalue weighted by Crippen LogP contribution is 2.32. The van der Waals surface area contributed by atoms with Crippen LogP contribution in [0.3, 0.4) is 0 Å². The third kappa shape index (κ3) is 1.15. The minimum absolute atomic E-state index is 0.258. The van der Waals surface area contributed by atoms with Gasteiger partial charge in [-0.3, -0.25) is 9.59 Å². The molecule has 0 fully saturated rings. The van der Waals surface area contributed by atoms with Crippen molar-refractivity contribution in [2.75, 3.05) is 0 Å². The molecule has 0 aromatic rings. The Morgan fingerprint density at radius 2 is 1.83 bits per heavy atom. The molecule has 0 atom stereocenters. The lowest BCUT2D eigenvalue weighted by Crippen LogP contribution is -2.07. The molecule has 0 aromatic heterocycles. The summed E-state index contributed by atoms with van der Waals surface area (Å²) < 4.78 is 0. The van der Waals surface area contributed by atoms with Gasteiger partial charge < -0.3 is 5.11 Å². The molecule has 1 N–H and O–H groups in total. The number of aliphatic hydroxyl groups is 1. The standard InChI is InChI=1S/C7H4Cl2O3/c1-2(10)3-6(11)4(8)5(9)7(3)12/h11H,1H3. The summed E-state index contributed by atoms with van der Waals surface area (Å²) in [7, 11) is 0. The summed E-state index contributed by atoms with van der Waals surface area (Å²) in [6.07, 6.45) is 0. The molecule has 1 aliphatic rings. The lowest BCUT2D eigenvalue weighted by atomic mass is 10.1. The SMILES string of the molecule is CC(=O)C1=C(O)C(Cl)=C(Cl)C1=O. The molecule has 5 heteroatoms. The summed E-state index contributed by atoms with van der Waals surface area (Å²) >= 11 is 10.8. The van der Waals surface area contributed by atoms with E-state index in [-0.39, 0.29) is 15.6 Å². The zero-order chi connectivity index (χ0) is 9.46. The molecule has 0 aromatic carbocycles. The molecule has 0 spiro atoms. The van der Waals surface area contributed by atoms with E-state index in [9.17, 15) is 9.59 Å². The molecule has 0 saturated carbocycles. The predicted octanol–water partition coefficient (Wildman–Crippen LogP) is 1.66. The quantitative estimate of drug-likeness (QED) is 0.665. The molecule has 0 radical (unpaired) electrons. The molecule has 0 heterocycles. The van der Waals surface area contributed by atoms with Crippen molar-refractivity contribution in [3.8, 4) is 0 Å². The van der Waals surface area contributed by atoms with Gasteiger partial charge in [0.05, 0.1) is 0 Å². The van der Waals surface area contributed by atoms with Crippen LogP contribution in [0.5, 0.6) is 0 Å². The summed E-state index contributed by atoms with van der Waals surface area (Å²) in [5, 5.41) is 8.57. The molecule has 1 rings (SSSR count). The highest BCUT2D eigenvalue weighted by Gasteiger charge is 2.33. The summed E-state index contributed by atoms with van der Waals surface area (Å²) in [5.41, 5.74) is -0.343. The average molecular weight is 207 g/mol. The Hall–Kier alpha value is -0.800. The molecule has 0 amide bonds. The Kier molecular flexibility index (Phi) is 2.26. The van der Waals surface area contributed by atoms with Gasteiger partial charge in [0.1, 0.15) is 15.6 Å². The normalized spacial score (nSPS) is 17.8. The Morgan fingerprint density at radius 1 is 1.33 bits per heavy atom. The van der Waals surface area contributed by atoms with Gasteiger partial charge in [-0.2, -0.15) is 0 Å². The smallest absolute Gasteiger partial charge is 0.213 e. The molecular weight excluding hydrogens is 203 g/mol. The van der Waals surface area contributed by atoms with Crippen LogP contribution in [0.15, 0.2) is 21.4 Å². The van der Waals surface area contributed by atoms with Crippen molar-refractivity contribution in [2.45, 2.75) is 6.92 Å². The number of hydrogen-bond donors (Lipinski definition) is 1. The van der Waals surface area contributed by atoms with Crippen molar-refractivity contribution in [3.63, 3.8) is 0 Å². The van der Waals surface area contributed by atoms with Crippen LogP contribution in [0.4, 0.5) is 0 Å². The van der Waals surface area contributed by atoms with E-state index >= 15 is 0 Å². The monoisotopic (exact) mass is 206 g/mol. The fourth-order valence-corrected chi connectivity index (χ4v) is 1.22. The van der Waals surface area contributed by atoms with E-state index in [1.54, 1.807) is 0 Å². The van der Waals surface area contributed by atoms with E-state index in [2.05, 4.69) is 0 Å². The summed E-state index contributed by atoms with van der Waals surface area (Å²) in [6.45, 7) is 1.16. The second-order valence-electron chi connectivity index (χ2n) is 2.24. The lowest BCUT2D eigenvalue weighted by Gasteiger charge is -1.93. The predicted molar refractivity (Wildman–Crippen MR) is 44.1 cm³/mol. The van der Waals surface area contributed by atoms with Gasteiger partial charge in [-0.05, 0) is 6.92 Å². The van der Waals surface area contributed by atoms with Crippen LogP contribution >= 0.6 is 23.2 Å². The third-order valence-electron chi connectivity index (χ3n) is 1.42. The van der Waals surface area contributed by atoms with Gasteiger partial charge in [0.15, 0.2) is 11.5 Å². The fourth-order valence-electron chi connectivity index (χ4n) is 0.857.